The van der Waals surface area contributed by atoms with E-state index in [4.69, 9.17) is 0 Å². The number of piperazine rings is 1. The second-order valence-corrected chi connectivity index (χ2v) is 9.35. The molecule has 8 nitrogen and oxygen atoms in total. The highest BCUT2D eigenvalue weighted by atomic mass is 16.3. The Hall–Kier alpha value is -3.36. The minimum Gasteiger partial charge on any atom is -0.508 e. The third kappa shape index (κ3) is 4.51. The van der Waals surface area contributed by atoms with Gasteiger partial charge in [0.05, 0.1) is 5.56 Å². The number of phenols is 2. The van der Waals surface area contributed by atoms with Crippen LogP contribution in [0.4, 0.5) is 0 Å². The molecule has 178 valence electrons. The summed E-state index contributed by atoms with van der Waals surface area (Å²) < 4.78 is 1.83. The van der Waals surface area contributed by atoms with E-state index in [1.807, 2.05) is 16.7 Å². The number of imidazole rings is 1. The molecule has 1 aromatic heterocycles. The first-order chi connectivity index (χ1) is 16.4. The minimum atomic E-state index is -0.299. The zero-order valence-corrected chi connectivity index (χ0v) is 19.7. The number of nitrogens with one attached hydrogen (secondary N) is 1. The van der Waals surface area contributed by atoms with Crippen LogP contribution in [0, 0.1) is 0 Å². The number of hydrogen-bond acceptors (Lipinski definition) is 6. The first kappa shape index (κ1) is 22.4. The average Bonchev–Trinajstić information content (AvgIpc) is 3.58. The number of hydrogen-bond donors (Lipinski definition) is 3. The zero-order chi connectivity index (χ0) is 23.8. The molecule has 3 N–H and O–H groups in total. The number of carbonyl (C=O) groups excluding carboxylic acids is 1. The van der Waals surface area contributed by atoms with Gasteiger partial charge < -0.3 is 20.4 Å². The van der Waals surface area contributed by atoms with Gasteiger partial charge in [0.1, 0.15) is 23.0 Å². The van der Waals surface area contributed by atoms with Crippen molar-refractivity contribution in [2.45, 2.75) is 25.3 Å². The molecule has 1 aliphatic heterocycles. The van der Waals surface area contributed by atoms with Gasteiger partial charge in [0.2, 0.25) is 0 Å². The number of nitrogens with zero attached hydrogens (tertiary/aromatic N) is 4. The average molecular weight is 462 g/mol. The molecular formula is C26H31N5O3. The molecule has 1 amide bonds. The van der Waals surface area contributed by atoms with Crippen molar-refractivity contribution in [2.24, 2.45) is 0 Å². The minimum absolute atomic E-state index is 0.0658. The van der Waals surface area contributed by atoms with E-state index in [0.29, 0.717) is 17.3 Å². The predicted octanol–water partition coefficient (Wildman–Crippen LogP) is 2.93. The Labute approximate surface area is 199 Å². The van der Waals surface area contributed by atoms with Crippen LogP contribution in [0.2, 0.25) is 0 Å². The lowest BCUT2D eigenvalue weighted by atomic mass is 10.0. The smallest absolute Gasteiger partial charge is 0.271 e. The fraction of sp³-hybridized carbons (Fsp3) is 0.385. The fourth-order valence-electron chi connectivity index (χ4n) is 4.53. The Morgan fingerprint density at radius 2 is 1.76 bits per heavy atom. The summed E-state index contributed by atoms with van der Waals surface area (Å²) in [4.78, 5) is 21.7. The van der Waals surface area contributed by atoms with Crippen molar-refractivity contribution < 1.29 is 15.0 Å². The highest BCUT2D eigenvalue weighted by Gasteiger charge is 2.29. The third-order valence-corrected chi connectivity index (χ3v) is 6.79. The Balaban J connectivity index is 1.49. The molecule has 1 aliphatic carbocycles. The maximum absolute atomic E-state index is 12.4. The number of phenolic OH excluding ortho intramolecular Hbond substituents is 2. The highest BCUT2D eigenvalue weighted by molar-refractivity contribution is 5.93. The van der Waals surface area contributed by atoms with Crippen LogP contribution in [0.3, 0.4) is 0 Å². The van der Waals surface area contributed by atoms with Gasteiger partial charge in [-0.05, 0) is 55.1 Å². The second kappa shape index (κ2) is 9.12. The first-order valence-corrected chi connectivity index (χ1v) is 11.8. The third-order valence-electron chi connectivity index (χ3n) is 6.79. The van der Waals surface area contributed by atoms with Gasteiger partial charge in [0.25, 0.3) is 5.91 Å². The van der Waals surface area contributed by atoms with Crippen LogP contribution in [-0.2, 0) is 6.54 Å². The molecule has 8 heteroatoms. The van der Waals surface area contributed by atoms with Gasteiger partial charge >= 0.3 is 0 Å². The van der Waals surface area contributed by atoms with Crippen LogP contribution in [0.1, 0.15) is 40.4 Å². The summed E-state index contributed by atoms with van der Waals surface area (Å²) in [6, 6.07) is 11.4. The van der Waals surface area contributed by atoms with E-state index in [2.05, 4.69) is 39.3 Å². The van der Waals surface area contributed by atoms with Gasteiger partial charge in [-0.25, -0.2) is 4.98 Å². The molecule has 2 heterocycles. The molecular weight excluding hydrogens is 430 g/mol. The topological polar surface area (TPSA) is 93.9 Å². The summed E-state index contributed by atoms with van der Waals surface area (Å²) in [5.74, 6) is 0.498. The van der Waals surface area contributed by atoms with Gasteiger partial charge in [-0.15, -0.1) is 0 Å². The van der Waals surface area contributed by atoms with E-state index in [9.17, 15) is 15.0 Å². The fourth-order valence-corrected chi connectivity index (χ4v) is 4.53. The molecule has 3 aromatic rings. The van der Waals surface area contributed by atoms with Crippen molar-refractivity contribution >= 4 is 5.91 Å². The van der Waals surface area contributed by atoms with Crippen LogP contribution in [0.15, 0.2) is 42.6 Å². The summed E-state index contributed by atoms with van der Waals surface area (Å²) in [6.07, 6.45) is 3.72. The summed E-state index contributed by atoms with van der Waals surface area (Å²) in [5.41, 5.74) is 3.65. The maximum atomic E-state index is 12.4. The Morgan fingerprint density at radius 1 is 1.06 bits per heavy atom. The van der Waals surface area contributed by atoms with Gasteiger partial charge in [-0.1, -0.05) is 12.1 Å². The SMILES string of the molecule is CNC(=O)c1cn(-c2ccc(CN3CCN(C)CC3)cc2)c(-c2cc(C3CC3)c(O)cc2O)n1. The van der Waals surface area contributed by atoms with E-state index in [-0.39, 0.29) is 23.1 Å². The lowest BCUT2D eigenvalue weighted by Gasteiger charge is -2.32. The standard InChI is InChI=1S/C26H31N5O3/c1-27-26(34)22-16-31(19-7-3-17(4-8-19)15-30-11-9-29(2)10-12-30)25(28-22)21-13-20(18-5-6-18)23(32)14-24(21)33/h3-4,7-8,13-14,16,18,32-33H,5-6,9-12,15H2,1-2H3,(H,27,34). The van der Waals surface area contributed by atoms with E-state index in [1.54, 1.807) is 19.3 Å². The largest absolute Gasteiger partial charge is 0.508 e. The van der Waals surface area contributed by atoms with Crippen molar-refractivity contribution in [3.05, 3.63) is 59.4 Å². The monoisotopic (exact) mass is 461 g/mol. The summed E-state index contributed by atoms with van der Waals surface area (Å²) >= 11 is 0. The van der Waals surface area contributed by atoms with Crippen molar-refractivity contribution in [3.8, 4) is 28.6 Å². The van der Waals surface area contributed by atoms with Crippen molar-refractivity contribution in [1.82, 2.24) is 24.7 Å². The number of benzene rings is 2. The molecule has 0 spiro atoms. The molecule has 5 rings (SSSR count). The van der Waals surface area contributed by atoms with Gasteiger partial charge in [-0.2, -0.15) is 0 Å². The van der Waals surface area contributed by atoms with E-state index >= 15 is 0 Å². The van der Waals surface area contributed by atoms with Crippen LogP contribution in [0.25, 0.3) is 17.1 Å². The van der Waals surface area contributed by atoms with Crippen LogP contribution >= 0.6 is 0 Å². The number of amides is 1. The van der Waals surface area contributed by atoms with Crippen LogP contribution < -0.4 is 5.32 Å². The second-order valence-electron chi connectivity index (χ2n) is 9.35. The molecule has 2 fully saturated rings. The molecule has 0 unspecified atom stereocenters. The number of aromatic nitrogens is 2. The van der Waals surface area contributed by atoms with Crippen molar-refractivity contribution in [1.29, 1.82) is 0 Å². The maximum Gasteiger partial charge on any atom is 0.271 e. The van der Waals surface area contributed by atoms with E-state index in [1.165, 1.54) is 11.6 Å². The number of aromatic hydroxyl groups is 2. The Morgan fingerprint density at radius 3 is 2.41 bits per heavy atom. The lowest BCUT2D eigenvalue weighted by Crippen LogP contribution is -2.43. The quantitative estimate of drug-likeness (QED) is 0.523. The number of likely N-dealkylation sites (N-methyl/N-ethyl adjacent to an activating group) is 1. The van der Waals surface area contributed by atoms with Gasteiger partial charge in [0.15, 0.2) is 0 Å². The highest BCUT2D eigenvalue weighted by Crippen LogP contribution is 2.47. The molecule has 2 aliphatic rings. The molecule has 1 saturated carbocycles. The van der Waals surface area contributed by atoms with Gasteiger partial charge in [0, 0.05) is 57.7 Å². The van der Waals surface area contributed by atoms with Crippen molar-refractivity contribution in [3.63, 3.8) is 0 Å². The molecule has 2 aromatic carbocycles. The molecule has 34 heavy (non-hydrogen) atoms. The van der Waals surface area contributed by atoms with Gasteiger partial charge in [-0.3, -0.25) is 14.3 Å². The lowest BCUT2D eigenvalue weighted by molar-refractivity contribution is 0.0958. The van der Waals surface area contributed by atoms with Crippen LogP contribution in [0.5, 0.6) is 11.5 Å². The van der Waals surface area contributed by atoms with E-state index < -0.39 is 0 Å². The normalized spacial score (nSPS) is 17.1. The first-order valence-electron chi connectivity index (χ1n) is 11.8. The summed E-state index contributed by atoms with van der Waals surface area (Å²) in [5, 5.41) is 23.6. The zero-order valence-electron chi connectivity index (χ0n) is 19.7. The summed E-state index contributed by atoms with van der Waals surface area (Å²) in [7, 11) is 3.72. The number of rotatable bonds is 6. The Kier molecular flexibility index (Phi) is 6.02. The number of carbonyl (C=O) groups is 1. The Bertz CT molecular complexity index is 1190. The molecule has 0 radical (unpaired) electrons. The summed E-state index contributed by atoms with van der Waals surface area (Å²) in [6.45, 7) is 5.18. The van der Waals surface area contributed by atoms with Crippen molar-refractivity contribution in [2.75, 3.05) is 40.3 Å². The molecule has 0 bridgehead atoms. The van der Waals surface area contributed by atoms with Crippen LogP contribution in [-0.4, -0.2) is 75.7 Å². The van der Waals surface area contributed by atoms with E-state index in [0.717, 1.165) is 56.8 Å². The molecule has 1 saturated heterocycles. The predicted molar refractivity (Wildman–Crippen MR) is 130 cm³/mol. The molecule has 0 atom stereocenters.